The van der Waals surface area contributed by atoms with E-state index in [-0.39, 0.29) is 35.7 Å². The fraction of sp³-hybridized carbons (Fsp3) is 0.267. The lowest BCUT2D eigenvalue weighted by Crippen LogP contribution is -2.49. The van der Waals surface area contributed by atoms with Crippen LogP contribution in [0.5, 0.6) is 5.75 Å². The largest absolute Gasteiger partial charge is 0.484 e. The molecule has 4 nitrogen and oxygen atoms in total. The summed E-state index contributed by atoms with van der Waals surface area (Å²) in [5.41, 5.74) is 6.57. The fourth-order valence-electron chi connectivity index (χ4n) is 5.82. The molecule has 2 unspecified atom stereocenters. The van der Waals surface area contributed by atoms with Crippen LogP contribution in [0.15, 0.2) is 80.3 Å². The Balaban J connectivity index is 1.63. The van der Waals surface area contributed by atoms with Gasteiger partial charge in [-0.2, -0.15) is 0 Å². The average molecular weight is 607 g/mol. The summed E-state index contributed by atoms with van der Waals surface area (Å²) in [5, 5.41) is 0. The zero-order valence-electron chi connectivity index (χ0n) is 20.4. The molecule has 0 radical (unpaired) electrons. The van der Waals surface area contributed by atoms with Crippen molar-refractivity contribution in [3.63, 3.8) is 0 Å². The zero-order chi connectivity index (χ0) is 25.5. The van der Waals surface area contributed by atoms with E-state index in [1.807, 2.05) is 54.6 Å². The molecule has 2 heterocycles. The van der Waals surface area contributed by atoms with E-state index in [0.29, 0.717) is 16.8 Å². The zero-order valence-corrected chi connectivity index (χ0v) is 23.6. The van der Waals surface area contributed by atoms with Crippen molar-refractivity contribution in [2.75, 3.05) is 4.90 Å². The number of hydrogen-bond donors (Lipinski definition) is 0. The van der Waals surface area contributed by atoms with Gasteiger partial charge in [0.05, 0.1) is 11.6 Å². The number of carbonyl (C=O) groups excluding carboxylic acids is 2. The third-order valence-corrected chi connectivity index (χ3v) is 8.79. The molecule has 4 aliphatic rings. The number of allylic oxidation sites excluding steroid dienone is 2. The van der Waals surface area contributed by atoms with Crippen LogP contribution in [-0.4, -0.2) is 17.9 Å². The van der Waals surface area contributed by atoms with E-state index < -0.39 is 0 Å². The number of rotatable bonds is 3. The number of hydrogen-bond acceptors (Lipinski definition) is 3. The normalized spacial score (nSPS) is 22.5. The molecule has 0 spiro atoms. The molecule has 0 fully saturated rings. The Bertz CT molecular complexity index is 1470. The number of amides is 2. The standard InChI is InChI=1S/C30H25Br2NO3/c1-14(2)16-9-7-10-17(15(3)4)27(16)33-29(34)19-12-21(31)25-18-8-5-6-11-23(18)36-28-22(32)13-20(30(33)35)24(19)26(25)28/h5-15,26,28H,1-4H3. The Morgan fingerprint density at radius 3 is 2.17 bits per heavy atom. The van der Waals surface area contributed by atoms with Gasteiger partial charge in [-0.25, -0.2) is 4.90 Å². The van der Waals surface area contributed by atoms with E-state index in [1.165, 1.54) is 4.90 Å². The second kappa shape index (κ2) is 8.42. The minimum absolute atomic E-state index is 0.148. The number of benzene rings is 2. The Morgan fingerprint density at radius 2 is 1.50 bits per heavy atom. The summed E-state index contributed by atoms with van der Waals surface area (Å²) in [4.78, 5) is 29.9. The maximum atomic E-state index is 14.2. The topological polar surface area (TPSA) is 46.6 Å². The van der Waals surface area contributed by atoms with Crippen LogP contribution in [0.25, 0.3) is 5.57 Å². The van der Waals surface area contributed by atoms with Crippen LogP contribution in [0.4, 0.5) is 5.69 Å². The number of halogens is 2. The first kappa shape index (κ1) is 23.7. The molecule has 2 aliphatic carbocycles. The van der Waals surface area contributed by atoms with Crippen LogP contribution in [0.1, 0.15) is 56.2 Å². The molecule has 0 aromatic heterocycles. The van der Waals surface area contributed by atoms with Gasteiger partial charge in [0.15, 0.2) is 0 Å². The summed E-state index contributed by atoms with van der Waals surface area (Å²) < 4.78 is 8.05. The Hall–Kier alpha value is -2.70. The van der Waals surface area contributed by atoms with E-state index in [1.54, 1.807) is 0 Å². The van der Waals surface area contributed by atoms with E-state index in [0.717, 1.165) is 42.6 Å². The van der Waals surface area contributed by atoms with Gasteiger partial charge in [0.2, 0.25) is 0 Å². The average Bonchev–Trinajstić information content (AvgIpc) is 2.85. The first-order valence-corrected chi connectivity index (χ1v) is 13.8. The lowest BCUT2D eigenvalue weighted by atomic mass is 9.69. The van der Waals surface area contributed by atoms with E-state index in [2.05, 4.69) is 59.6 Å². The van der Waals surface area contributed by atoms with Gasteiger partial charge in [-0.15, -0.1) is 0 Å². The summed E-state index contributed by atoms with van der Waals surface area (Å²) in [6.45, 7) is 8.38. The first-order valence-electron chi connectivity index (χ1n) is 12.2. The van der Waals surface area contributed by atoms with Crippen LogP contribution >= 0.6 is 31.9 Å². The van der Waals surface area contributed by atoms with Crippen molar-refractivity contribution in [2.24, 2.45) is 5.92 Å². The van der Waals surface area contributed by atoms with E-state index >= 15 is 0 Å². The second-order valence-electron chi connectivity index (χ2n) is 10.2. The molecule has 0 bridgehead atoms. The van der Waals surface area contributed by atoms with Crippen molar-refractivity contribution >= 4 is 54.9 Å². The Labute approximate surface area is 227 Å². The summed E-state index contributed by atoms with van der Waals surface area (Å²) in [7, 11) is 0. The molecule has 182 valence electrons. The number of nitrogens with zero attached hydrogens (tertiary/aromatic N) is 1. The summed E-state index contributed by atoms with van der Waals surface area (Å²) in [5.74, 6) is 0.259. The number of anilines is 1. The van der Waals surface area contributed by atoms with Crippen molar-refractivity contribution in [1.82, 2.24) is 0 Å². The monoisotopic (exact) mass is 605 g/mol. The number of para-hydroxylation sites is 2. The second-order valence-corrected chi connectivity index (χ2v) is 12.0. The molecule has 2 aromatic carbocycles. The third kappa shape index (κ3) is 3.23. The first-order chi connectivity index (χ1) is 17.2. The quantitative estimate of drug-likeness (QED) is 0.340. The van der Waals surface area contributed by atoms with E-state index in [9.17, 15) is 9.59 Å². The molecule has 6 rings (SSSR count). The minimum Gasteiger partial charge on any atom is -0.484 e. The lowest BCUT2D eigenvalue weighted by Gasteiger charge is -2.45. The van der Waals surface area contributed by atoms with Crippen molar-refractivity contribution < 1.29 is 14.3 Å². The van der Waals surface area contributed by atoms with Gasteiger partial charge in [-0.05, 0) is 52.3 Å². The molecule has 2 aliphatic heterocycles. The molecule has 2 atom stereocenters. The summed E-state index contributed by atoms with van der Waals surface area (Å²) in [6.07, 6.45) is 3.40. The SMILES string of the molecule is CC(C)c1cccc(C(C)C)c1N1C(=O)C2=CC(Br)=C3c4ccccc4OC4C(Br)=CC(=C2C34)C1=O. The smallest absolute Gasteiger partial charge is 0.265 e. The van der Waals surface area contributed by atoms with Gasteiger partial charge in [0, 0.05) is 25.7 Å². The van der Waals surface area contributed by atoms with Gasteiger partial charge < -0.3 is 4.74 Å². The van der Waals surface area contributed by atoms with Crippen LogP contribution in [0, 0.1) is 5.92 Å². The van der Waals surface area contributed by atoms with Crippen LogP contribution < -0.4 is 9.64 Å². The third-order valence-electron chi connectivity index (χ3n) is 7.45. The molecule has 6 heteroatoms. The van der Waals surface area contributed by atoms with E-state index in [4.69, 9.17) is 4.74 Å². The van der Waals surface area contributed by atoms with Gasteiger partial charge in [-0.3, -0.25) is 9.59 Å². The number of imide groups is 1. The van der Waals surface area contributed by atoms with Gasteiger partial charge in [0.1, 0.15) is 11.9 Å². The highest BCUT2D eigenvalue weighted by atomic mass is 79.9. The van der Waals surface area contributed by atoms with Crippen LogP contribution in [0.3, 0.4) is 0 Å². The molecule has 36 heavy (non-hydrogen) atoms. The Kier molecular flexibility index (Phi) is 5.54. The number of carbonyl (C=O) groups is 2. The predicted molar refractivity (Wildman–Crippen MR) is 149 cm³/mol. The van der Waals surface area contributed by atoms with Gasteiger partial charge in [-0.1, -0.05) is 96.0 Å². The van der Waals surface area contributed by atoms with Gasteiger partial charge >= 0.3 is 0 Å². The Morgan fingerprint density at radius 1 is 0.833 bits per heavy atom. The van der Waals surface area contributed by atoms with Crippen molar-refractivity contribution in [3.8, 4) is 5.75 Å². The summed E-state index contributed by atoms with van der Waals surface area (Å²) >= 11 is 7.50. The van der Waals surface area contributed by atoms with Crippen molar-refractivity contribution in [3.05, 3.63) is 97.0 Å². The molecular weight excluding hydrogens is 582 g/mol. The van der Waals surface area contributed by atoms with Gasteiger partial charge in [0.25, 0.3) is 11.8 Å². The van der Waals surface area contributed by atoms with Crippen LogP contribution in [0.2, 0.25) is 0 Å². The number of fused-ring (bicyclic) bond motifs is 2. The fourth-order valence-corrected chi connectivity index (χ4v) is 7.10. The lowest BCUT2D eigenvalue weighted by molar-refractivity contribution is -0.123. The molecule has 0 N–H and O–H groups in total. The molecule has 2 amide bonds. The maximum Gasteiger partial charge on any atom is 0.265 e. The van der Waals surface area contributed by atoms with Crippen molar-refractivity contribution in [2.45, 2.75) is 45.6 Å². The summed E-state index contributed by atoms with van der Waals surface area (Å²) in [6, 6.07) is 14.0. The minimum atomic E-state index is -0.341. The molecule has 0 saturated heterocycles. The van der Waals surface area contributed by atoms with Crippen molar-refractivity contribution in [1.29, 1.82) is 0 Å². The molecule has 0 saturated carbocycles. The predicted octanol–water partition coefficient (Wildman–Crippen LogP) is 7.52. The maximum absolute atomic E-state index is 14.2. The van der Waals surface area contributed by atoms with Crippen LogP contribution in [-0.2, 0) is 9.59 Å². The highest BCUT2D eigenvalue weighted by molar-refractivity contribution is 9.12. The number of ether oxygens (including phenoxy) is 1. The molecular formula is C30H25Br2NO3. The molecule has 2 aromatic rings. The highest BCUT2D eigenvalue weighted by Gasteiger charge is 2.51. The highest BCUT2D eigenvalue weighted by Crippen LogP contribution is 2.56.